The highest BCUT2D eigenvalue weighted by molar-refractivity contribution is 5.20. The molecular weight excluding hydrogens is 264 g/mol. The van der Waals surface area contributed by atoms with E-state index < -0.39 is 0 Å². The fourth-order valence-electron chi connectivity index (χ4n) is 2.90. The summed E-state index contributed by atoms with van der Waals surface area (Å²) in [6.45, 7) is 13.3. The van der Waals surface area contributed by atoms with E-state index in [1.54, 1.807) is 0 Å². The summed E-state index contributed by atoms with van der Waals surface area (Å²) < 4.78 is 11.8. The van der Waals surface area contributed by atoms with Gasteiger partial charge < -0.3 is 14.5 Å². The van der Waals surface area contributed by atoms with Gasteiger partial charge in [0.15, 0.2) is 0 Å². The molecule has 0 spiro atoms. The van der Waals surface area contributed by atoms with Crippen molar-refractivity contribution in [1.82, 2.24) is 10.2 Å². The van der Waals surface area contributed by atoms with Gasteiger partial charge in [-0.15, -0.1) is 0 Å². The first-order valence-corrected chi connectivity index (χ1v) is 8.28. The molecule has 120 valence electrons. The summed E-state index contributed by atoms with van der Waals surface area (Å²) in [4.78, 5) is 2.50. The Labute approximate surface area is 128 Å². The molecule has 1 aromatic heterocycles. The number of rotatable bonds is 7. The number of ether oxygens (including phenoxy) is 1. The van der Waals surface area contributed by atoms with Gasteiger partial charge in [0.2, 0.25) is 0 Å². The van der Waals surface area contributed by atoms with Crippen molar-refractivity contribution < 1.29 is 9.15 Å². The minimum absolute atomic E-state index is 0.314. The molecule has 21 heavy (non-hydrogen) atoms. The second kappa shape index (κ2) is 7.97. The average molecular weight is 294 g/mol. The summed E-state index contributed by atoms with van der Waals surface area (Å²) in [5, 5.41) is 3.41. The van der Waals surface area contributed by atoms with Gasteiger partial charge in [-0.3, -0.25) is 4.90 Å². The summed E-state index contributed by atoms with van der Waals surface area (Å²) >= 11 is 0. The lowest BCUT2D eigenvalue weighted by atomic mass is 10.1. The molecule has 2 rings (SSSR count). The van der Waals surface area contributed by atoms with Crippen LogP contribution < -0.4 is 5.32 Å². The second-order valence-electron chi connectivity index (χ2n) is 6.13. The molecule has 0 aliphatic carbocycles. The van der Waals surface area contributed by atoms with Crippen LogP contribution >= 0.6 is 0 Å². The third-order valence-corrected chi connectivity index (χ3v) is 4.20. The van der Waals surface area contributed by atoms with Crippen LogP contribution in [0.15, 0.2) is 10.5 Å². The SMILES string of the molecule is CCCNCc1oc(CN2CC(C)OCC2CC)cc1C. The molecule has 0 radical (unpaired) electrons. The Hall–Kier alpha value is -0.840. The molecule has 1 aromatic rings. The third kappa shape index (κ3) is 4.56. The Balaban J connectivity index is 1.96. The topological polar surface area (TPSA) is 37.6 Å². The largest absolute Gasteiger partial charge is 0.463 e. The molecule has 0 bridgehead atoms. The molecule has 1 aliphatic rings. The van der Waals surface area contributed by atoms with Crippen LogP contribution in [0.25, 0.3) is 0 Å². The van der Waals surface area contributed by atoms with Crippen molar-refractivity contribution in [3.05, 3.63) is 23.2 Å². The fourth-order valence-corrected chi connectivity index (χ4v) is 2.90. The average Bonchev–Trinajstić information content (AvgIpc) is 2.79. The van der Waals surface area contributed by atoms with E-state index >= 15 is 0 Å². The van der Waals surface area contributed by atoms with Gasteiger partial charge in [-0.05, 0) is 44.9 Å². The minimum atomic E-state index is 0.314. The van der Waals surface area contributed by atoms with E-state index in [9.17, 15) is 0 Å². The van der Waals surface area contributed by atoms with Gasteiger partial charge >= 0.3 is 0 Å². The van der Waals surface area contributed by atoms with E-state index in [2.05, 4.69) is 44.0 Å². The van der Waals surface area contributed by atoms with Crippen LogP contribution in [0, 0.1) is 6.92 Å². The number of hydrogen-bond acceptors (Lipinski definition) is 4. The van der Waals surface area contributed by atoms with Gasteiger partial charge in [-0.25, -0.2) is 0 Å². The quantitative estimate of drug-likeness (QED) is 0.784. The molecule has 1 N–H and O–H groups in total. The van der Waals surface area contributed by atoms with Crippen molar-refractivity contribution >= 4 is 0 Å². The molecule has 0 aromatic carbocycles. The van der Waals surface area contributed by atoms with E-state index in [-0.39, 0.29) is 0 Å². The standard InChI is InChI=1S/C17H30N2O2/c1-5-7-18-9-17-13(3)8-16(21-17)11-19-10-14(4)20-12-15(19)6-2/h8,14-15,18H,5-7,9-12H2,1-4H3. The van der Waals surface area contributed by atoms with E-state index in [0.717, 1.165) is 57.1 Å². The maximum atomic E-state index is 6.05. The van der Waals surface area contributed by atoms with Crippen LogP contribution in [0.3, 0.4) is 0 Å². The highest BCUT2D eigenvalue weighted by atomic mass is 16.5. The first kappa shape index (κ1) is 16.5. The summed E-state index contributed by atoms with van der Waals surface area (Å²) in [7, 11) is 0. The number of nitrogens with zero attached hydrogens (tertiary/aromatic N) is 1. The Morgan fingerprint density at radius 1 is 1.38 bits per heavy atom. The monoisotopic (exact) mass is 294 g/mol. The van der Waals surface area contributed by atoms with Crippen molar-refractivity contribution in [2.75, 3.05) is 19.7 Å². The number of nitrogens with one attached hydrogen (secondary N) is 1. The molecular formula is C17H30N2O2. The maximum absolute atomic E-state index is 6.05. The van der Waals surface area contributed by atoms with Gasteiger partial charge in [0.05, 0.1) is 25.8 Å². The molecule has 0 amide bonds. The number of aryl methyl sites for hydroxylation is 1. The fraction of sp³-hybridized carbons (Fsp3) is 0.765. The highest BCUT2D eigenvalue weighted by Crippen LogP contribution is 2.21. The summed E-state index contributed by atoms with van der Waals surface area (Å²) in [5.41, 5.74) is 1.25. The van der Waals surface area contributed by atoms with Crippen molar-refractivity contribution in [2.24, 2.45) is 0 Å². The van der Waals surface area contributed by atoms with Crippen molar-refractivity contribution in [3.8, 4) is 0 Å². The van der Waals surface area contributed by atoms with Crippen molar-refractivity contribution in [2.45, 2.75) is 65.8 Å². The van der Waals surface area contributed by atoms with Gasteiger partial charge in [0, 0.05) is 12.6 Å². The number of hydrogen-bond donors (Lipinski definition) is 1. The van der Waals surface area contributed by atoms with Gasteiger partial charge in [-0.1, -0.05) is 13.8 Å². The number of morpholine rings is 1. The molecule has 4 heteroatoms. The van der Waals surface area contributed by atoms with E-state index in [1.807, 2.05) is 0 Å². The molecule has 1 saturated heterocycles. The van der Waals surface area contributed by atoms with Gasteiger partial charge in [0.1, 0.15) is 11.5 Å². The normalized spacial score (nSPS) is 23.6. The lowest BCUT2D eigenvalue weighted by Gasteiger charge is -2.37. The molecule has 2 unspecified atom stereocenters. The van der Waals surface area contributed by atoms with Crippen LogP contribution in [-0.4, -0.2) is 36.7 Å². The van der Waals surface area contributed by atoms with Gasteiger partial charge in [0.25, 0.3) is 0 Å². The molecule has 2 atom stereocenters. The summed E-state index contributed by atoms with van der Waals surface area (Å²) in [6.07, 6.45) is 2.59. The zero-order chi connectivity index (χ0) is 15.2. The van der Waals surface area contributed by atoms with Crippen LogP contribution in [0.4, 0.5) is 0 Å². The van der Waals surface area contributed by atoms with Crippen molar-refractivity contribution in [3.63, 3.8) is 0 Å². The van der Waals surface area contributed by atoms with Crippen LogP contribution in [0.1, 0.15) is 50.7 Å². The predicted octanol–water partition coefficient (Wildman–Crippen LogP) is 3.09. The Morgan fingerprint density at radius 3 is 2.90 bits per heavy atom. The Kier molecular flexibility index (Phi) is 6.27. The first-order chi connectivity index (χ1) is 10.1. The summed E-state index contributed by atoms with van der Waals surface area (Å²) in [5.74, 6) is 2.15. The van der Waals surface area contributed by atoms with E-state index in [4.69, 9.17) is 9.15 Å². The van der Waals surface area contributed by atoms with E-state index in [1.165, 1.54) is 5.56 Å². The van der Waals surface area contributed by atoms with Crippen LogP contribution in [0.5, 0.6) is 0 Å². The smallest absolute Gasteiger partial charge is 0.120 e. The zero-order valence-electron chi connectivity index (χ0n) is 13.9. The maximum Gasteiger partial charge on any atom is 0.120 e. The zero-order valence-corrected chi connectivity index (χ0v) is 13.9. The molecule has 2 heterocycles. The predicted molar refractivity (Wildman–Crippen MR) is 85.3 cm³/mol. The van der Waals surface area contributed by atoms with E-state index in [0.29, 0.717) is 12.1 Å². The van der Waals surface area contributed by atoms with Crippen LogP contribution in [0.2, 0.25) is 0 Å². The lowest BCUT2D eigenvalue weighted by Crippen LogP contribution is -2.47. The van der Waals surface area contributed by atoms with Gasteiger partial charge in [-0.2, -0.15) is 0 Å². The Morgan fingerprint density at radius 2 is 2.19 bits per heavy atom. The van der Waals surface area contributed by atoms with Crippen LogP contribution in [-0.2, 0) is 17.8 Å². The second-order valence-corrected chi connectivity index (χ2v) is 6.13. The summed E-state index contributed by atoms with van der Waals surface area (Å²) in [6, 6.07) is 2.70. The Bertz CT molecular complexity index is 430. The van der Waals surface area contributed by atoms with Crippen molar-refractivity contribution in [1.29, 1.82) is 0 Å². The highest BCUT2D eigenvalue weighted by Gasteiger charge is 2.26. The molecule has 4 nitrogen and oxygen atoms in total. The lowest BCUT2D eigenvalue weighted by molar-refractivity contribution is -0.0611. The molecule has 1 aliphatic heterocycles. The minimum Gasteiger partial charge on any atom is -0.463 e. The first-order valence-electron chi connectivity index (χ1n) is 8.28. The molecule has 0 saturated carbocycles. The number of furan rings is 1. The molecule has 1 fully saturated rings. The third-order valence-electron chi connectivity index (χ3n) is 4.20.